The van der Waals surface area contributed by atoms with Crippen LogP contribution in [0.5, 0.6) is 0 Å². The fraction of sp³-hybridized carbons (Fsp3) is 0.667. The van der Waals surface area contributed by atoms with Crippen molar-refractivity contribution in [3.63, 3.8) is 0 Å². The van der Waals surface area contributed by atoms with Crippen molar-refractivity contribution in [3.05, 3.63) is 12.2 Å². The summed E-state index contributed by atoms with van der Waals surface area (Å²) in [7, 11) is 1.76. The molecule has 0 saturated heterocycles. The van der Waals surface area contributed by atoms with E-state index in [2.05, 4.69) is 20.7 Å². The highest BCUT2D eigenvalue weighted by molar-refractivity contribution is 5.83. The number of hydrogen-bond donors (Lipinski definition) is 3. The predicted octanol–water partition coefficient (Wildman–Crippen LogP) is 0.156. The minimum atomic E-state index is -1.06. The molecule has 0 spiro atoms. The molecule has 1 heterocycles. The van der Waals surface area contributed by atoms with Crippen molar-refractivity contribution in [2.45, 2.75) is 33.2 Å². The van der Waals surface area contributed by atoms with Crippen LogP contribution in [0.25, 0.3) is 0 Å². The van der Waals surface area contributed by atoms with Crippen molar-refractivity contribution in [1.29, 1.82) is 0 Å². The summed E-state index contributed by atoms with van der Waals surface area (Å²) in [5.74, 6) is -0.433. The van der Waals surface area contributed by atoms with Gasteiger partial charge in [-0.25, -0.2) is 14.6 Å². The maximum atomic E-state index is 11.7. The first kappa shape index (κ1) is 15.9. The van der Waals surface area contributed by atoms with Crippen molar-refractivity contribution in [1.82, 2.24) is 25.4 Å². The smallest absolute Gasteiger partial charge is 0.326 e. The van der Waals surface area contributed by atoms with E-state index in [4.69, 9.17) is 5.11 Å². The molecule has 1 atom stereocenters. The SMILES string of the molecule is Cn1cnc(CCNC(=O)N[C@H](C(=O)O)C(C)(C)C)n1. The lowest BCUT2D eigenvalue weighted by molar-refractivity contribution is -0.141. The Hall–Kier alpha value is -2.12. The summed E-state index contributed by atoms with van der Waals surface area (Å²) in [5.41, 5.74) is -0.564. The standard InChI is InChI=1S/C12H21N5O3/c1-12(2,3)9(10(18)19)15-11(20)13-6-5-8-14-7-17(4)16-8/h7,9H,5-6H2,1-4H3,(H,18,19)(H2,13,15,20)/t9-/m1/s1. The van der Waals surface area contributed by atoms with E-state index in [1.54, 1.807) is 38.8 Å². The summed E-state index contributed by atoms with van der Waals surface area (Å²) in [4.78, 5) is 26.8. The molecule has 0 aromatic carbocycles. The van der Waals surface area contributed by atoms with Gasteiger partial charge in [-0.05, 0) is 5.41 Å². The highest BCUT2D eigenvalue weighted by Gasteiger charge is 2.32. The minimum absolute atomic E-state index is 0.340. The molecule has 0 aliphatic rings. The van der Waals surface area contributed by atoms with Crippen LogP contribution in [-0.2, 0) is 18.3 Å². The van der Waals surface area contributed by atoms with E-state index in [-0.39, 0.29) is 0 Å². The van der Waals surface area contributed by atoms with E-state index < -0.39 is 23.5 Å². The third kappa shape index (κ3) is 4.87. The molecule has 0 bridgehead atoms. The van der Waals surface area contributed by atoms with Gasteiger partial charge in [0.15, 0.2) is 5.82 Å². The van der Waals surface area contributed by atoms with Gasteiger partial charge >= 0.3 is 12.0 Å². The Kier molecular flexibility index (Phi) is 5.06. The fourth-order valence-electron chi connectivity index (χ4n) is 1.62. The molecule has 20 heavy (non-hydrogen) atoms. The summed E-state index contributed by atoms with van der Waals surface area (Å²) in [6, 6.07) is -1.46. The Morgan fingerprint density at radius 2 is 2.10 bits per heavy atom. The number of rotatable bonds is 5. The molecule has 8 nitrogen and oxygen atoms in total. The number of amides is 2. The largest absolute Gasteiger partial charge is 0.480 e. The highest BCUT2D eigenvalue weighted by atomic mass is 16.4. The number of nitrogens with one attached hydrogen (secondary N) is 2. The molecule has 3 N–H and O–H groups in total. The summed E-state index contributed by atoms with van der Waals surface area (Å²) in [6.07, 6.45) is 2.07. The van der Waals surface area contributed by atoms with Crippen LogP contribution in [0, 0.1) is 5.41 Å². The first-order valence-electron chi connectivity index (χ1n) is 6.32. The topological polar surface area (TPSA) is 109 Å². The highest BCUT2D eigenvalue weighted by Crippen LogP contribution is 2.19. The molecule has 2 amide bonds. The van der Waals surface area contributed by atoms with Gasteiger partial charge < -0.3 is 15.7 Å². The number of nitrogens with zero attached hydrogens (tertiary/aromatic N) is 3. The molecular formula is C12H21N5O3. The molecule has 112 valence electrons. The second-order valence-corrected chi connectivity index (χ2v) is 5.62. The lowest BCUT2D eigenvalue weighted by Crippen LogP contribution is -2.52. The molecule has 1 aromatic rings. The maximum Gasteiger partial charge on any atom is 0.326 e. The first-order valence-corrected chi connectivity index (χ1v) is 6.32. The first-order chi connectivity index (χ1) is 9.20. The fourth-order valence-corrected chi connectivity index (χ4v) is 1.62. The van der Waals surface area contributed by atoms with Crippen LogP contribution >= 0.6 is 0 Å². The van der Waals surface area contributed by atoms with Gasteiger partial charge in [-0.2, -0.15) is 5.10 Å². The molecule has 0 aliphatic heterocycles. The second kappa shape index (κ2) is 6.36. The Balaban J connectivity index is 2.41. The van der Waals surface area contributed by atoms with Gasteiger partial charge in [0.2, 0.25) is 0 Å². The van der Waals surface area contributed by atoms with E-state index in [0.29, 0.717) is 18.8 Å². The molecule has 1 rings (SSSR count). The van der Waals surface area contributed by atoms with Crippen LogP contribution in [0.4, 0.5) is 4.79 Å². The average molecular weight is 283 g/mol. The van der Waals surface area contributed by atoms with Gasteiger partial charge in [0.1, 0.15) is 12.4 Å². The Bertz CT molecular complexity index is 478. The monoisotopic (exact) mass is 283 g/mol. The van der Waals surface area contributed by atoms with Crippen molar-refractivity contribution >= 4 is 12.0 Å². The molecule has 8 heteroatoms. The van der Waals surface area contributed by atoms with Crippen molar-refractivity contribution in [2.24, 2.45) is 12.5 Å². The summed E-state index contributed by atoms with van der Waals surface area (Å²) >= 11 is 0. The van der Waals surface area contributed by atoms with E-state index in [1.165, 1.54) is 0 Å². The second-order valence-electron chi connectivity index (χ2n) is 5.62. The average Bonchev–Trinajstić information content (AvgIpc) is 2.70. The number of carboxylic acid groups (broad SMARTS) is 1. The van der Waals surface area contributed by atoms with Gasteiger partial charge in [-0.1, -0.05) is 20.8 Å². The third-order valence-electron chi connectivity index (χ3n) is 2.67. The van der Waals surface area contributed by atoms with E-state index in [0.717, 1.165) is 0 Å². The number of carbonyl (C=O) groups excluding carboxylic acids is 1. The number of carboxylic acids is 1. The number of aromatic nitrogens is 3. The van der Waals surface area contributed by atoms with Gasteiger partial charge in [-0.15, -0.1) is 0 Å². The van der Waals surface area contributed by atoms with Gasteiger partial charge in [0, 0.05) is 20.0 Å². The molecule has 1 aromatic heterocycles. The van der Waals surface area contributed by atoms with Crippen LogP contribution in [0.2, 0.25) is 0 Å². The number of hydrogen-bond acceptors (Lipinski definition) is 4. The van der Waals surface area contributed by atoms with Crippen molar-refractivity contribution in [2.75, 3.05) is 6.54 Å². The Morgan fingerprint density at radius 1 is 1.45 bits per heavy atom. The third-order valence-corrected chi connectivity index (χ3v) is 2.67. The normalized spacial score (nSPS) is 12.8. The number of aryl methyl sites for hydroxylation is 1. The van der Waals surface area contributed by atoms with Crippen molar-refractivity contribution < 1.29 is 14.7 Å². The quantitative estimate of drug-likeness (QED) is 0.713. The Morgan fingerprint density at radius 3 is 2.55 bits per heavy atom. The van der Waals surface area contributed by atoms with Gasteiger partial charge in [0.25, 0.3) is 0 Å². The van der Waals surface area contributed by atoms with Crippen LogP contribution in [-0.4, -0.2) is 44.5 Å². The zero-order valence-electron chi connectivity index (χ0n) is 12.2. The van der Waals surface area contributed by atoms with Crippen LogP contribution < -0.4 is 10.6 Å². The molecular weight excluding hydrogens is 262 g/mol. The minimum Gasteiger partial charge on any atom is -0.480 e. The van der Waals surface area contributed by atoms with E-state index in [1.807, 2.05) is 0 Å². The lowest BCUT2D eigenvalue weighted by atomic mass is 9.87. The molecule has 0 saturated carbocycles. The number of carbonyl (C=O) groups is 2. The van der Waals surface area contributed by atoms with Crippen LogP contribution in [0.15, 0.2) is 6.33 Å². The zero-order valence-corrected chi connectivity index (χ0v) is 12.2. The Labute approximate surface area is 117 Å². The van der Waals surface area contributed by atoms with Crippen LogP contribution in [0.3, 0.4) is 0 Å². The molecule has 0 aliphatic carbocycles. The maximum absolute atomic E-state index is 11.7. The van der Waals surface area contributed by atoms with Crippen molar-refractivity contribution in [3.8, 4) is 0 Å². The predicted molar refractivity (Wildman–Crippen MR) is 72.1 cm³/mol. The van der Waals surface area contributed by atoms with Crippen LogP contribution in [0.1, 0.15) is 26.6 Å². The molecule has 0 fully saturated rings. The number of aliphatic carboxylic acids is 1. The summed E-state index contributed by atoms with van der Waals surface area (Å²) < 4.78 is 1.58. The molecule has 0 unspecified atom stereocenters. The number of urea groups is 1. The lowest BCUT2D eigenvalue weighted by Gasteiger charge is -2.27. The van der Waals surface area contributed by atoms with Gasteiger partial charge in [0.05, 0.1) is 0 Å². The zero-order chi connectivity index (χ0) is 15.3. The summed E-state index contributed by atoms with van der Waals surface area (Å²) in [6.45, 7) is 5.60. The van der Waals surface area contributed by atoms with Gasteiger partial charge in [-0.3, -0.25) is 4.68 Å². The summed E-state index contributed by atoms with van der Waals surface area (Å²) in [5, 5.41) is 18.2. The molecule has 0 radical (unpaired) electrons. The van der Waals surface area contributed by atoms with E-state index >= 15 is 0 Å². The van der Waals surface area contributed by atoms with E-state index in [9.17, 15) is 9.59 Å².